The summed E-state index contributed by atoms with van der Waals surface area (Å²) >= 11 is 0. The maximum Gasteiger partial charge on any atom is 0.246 e. The first-order valence-corrected chi connectivity index (χ1v) is 13.8. The lowest BCUT2D eigenvalue weighted by Gasteiger charge is -2.16. The quantitative estimate of drug-likeness (QED) is 0.0853. The normalized spacial score (nSPS) is 11.3. The highest BCUT2D eigenvalue weighted by molar-refractivity contribution is 5.77. The molecule has 15 nitrogen and oxygen atoms in total. The SMILES string of the molecule is COCCOCCOCC(=O)NCCOCCOCC(COCCOCCNC(=O)COCCOCCOC)OC. The molecule has 2 N–H and O–H groups in total. The topological polar surface area (TPSA) is 160 Å². The van der Waals surface area contributed by atoms with Gasteiger partial charge in [-0.2, -0.15) is 0 Å². The Morgan fingerprint density at radius 3 is 1.20 bits per heavy atom. The second-order valence-electron chi connectivity index (χ2n) is 8.25. The summed E-state index contributed by atoms with van der Waals surface area (Å²) in [6, 6.07) is 0. The van der Waals surface area contributed by atoms with Crippen molar-refractivity contribution in [2.45, 2.75) is 6.10 Å². The summed E-state index contributed by atoms with van der Waals surface area (Å²) in [5, 5.41) is 5.42. The molecule has 0 spiro atoms. The summed E-state index contributed by atoms with van der Waals surface area (Å²) in [5.41, 5.74) is 0. The third kappa shape index (κ3) is 31.3. The Kier molecular flexibility index (Phi) is 31.8. The van der Waals surface area contributed by atoms with E-state index in [0.29, 0.717) is 119 Å². The monoisotopic (exact) mass is 600 g/mol. The van der Waals surface area contributed by atoms with Gasteiger partial charge in [-0.25, -0.2) is 0 Å². The van der Waals surface area contributed by atoms with Crippen LogP contribution in [0.25, 0.3) is 0 Å². The molecule has 15 heteroatoms. The fourth-order valence-electron chi connectivity index (χ4n) is 2.73. The number of carbonyl (C=O) groups excluding carboxylic acids is 2. The van der Waals surface area contributed by atoms with Gasteiger partial charge in [-0.3, -0.25) is 9.59 Å². The smallest absolute Gasteiger partial charge is 0.246 e. The molecule has 0 aromatic heterocycles. The van der Waals surface area contributed by atoms with E-state index in [1.807, 2.05) is 0 Å². The van der Waals surface area contributed by atoms with E-state index in [9.17, 15) is 9.59 Å². The molecule has 0 aliphatic carbocycles. The molecule has 0 unspecified atom stereocenters. The van der Waals surface area contributed by atoms with E-state index >= 15 is 0 Å². The minimum atomic E-state index is -0.218. The van der Waals surface area contributed by atoms with E-state index in [4.69, 9.17) is 52.1 Å². The Morgan fingerprint density at radius 2 is 0.805 bits per heavy atom. The predicted molar refractivity (Wildman–Crippen MR) is 147 cm³/mol. The first-order valence-electron chi connectivity index (χ1n) is 13.8. The molecule has 0 aliphatic rings. The van der Waals surface area contributed by atoms with Gasteiger partial charge in [-0.05, 0) is 0 Å². The van der Waals surface area contributed by atoms with Crippen LogP contribution in [0.15, 0.2) is 0 Å². The molecule has 0 atom stereocenters. The fourth-order valence-corrected chi connectivity index (χ4v) is 2.73. The maximum atomic E-state index is 11.7. The predicted octanol–water partition coefficient (Wildman–Crippen LogP) is -1.34. The van der Waals surface area contributed by atoms with Gasteiger partial charge in [0.05, 0.1) is 106 Å². The molecular formula is C26H52N2O13. The molecular weight excluding hydrogens is 548 g/mol. The molecule has 244 valence electrons. The summed E-state index contributed by atoms with van der Waals surface area (Å²) in [5.74, 6) is -0.418. The number of hydrogen-bond acceptors (Lipinski definition) is 13. The van der Waals surface area contributed by atoms with Crippen LogP contribution < -0.4 is 10.6 Å². The highest BCUT2D eigenvalue weighted by Gasteiger charge is 2.08. The molecule has 0 fully saturated rings. The molecule has 0 heterocycles. The largest absolute Gasteiger partial charge is 0.382 e. The Bertz CT molecular complexity index is 529. The molecule has 0 radical (unpaired) electrons. The van der Waals surface area contributed by atoms with Crippen molar-refractivity contribution < 1.29 is 61.7 Å². The van der Waals surface area contributed by atoms with Crippen LogP contribution in [0.5, 0.6) is 0 Å². The molecule has 41 heavy (non-hydrogen) atoms. The van der Waals surface area contributed by atoms with Crippen LogP contribution in [-0.4, -0.2) is 171 Å². The summed E-state index contributed by atoms with van der Waals surface area (Å²) in [4.78, 5) is 23.3. The summed E-state index contributed by atoms with van der Waals surface area (Å²) in [7, 11) is 4.80. The van der Waals surface area contributed by atoms with Gasteiger partial charge < -0.3 is 62.7 Å². The summed E-state index contributed by atoms with van der Waals surface area (Å²) in [6.45, 7) is 7.32. The van der Waals surface area contributed by atoms with E-state index in [-0.39, 0.29) is 31.1 Å². The van der Waals surface area contributed by atoms with E-state index in [1.165, 1.54) is 0 Å². The lowest BCUT2D eigenvalue weighted by molar-refractivity contribution is -0.127. The molecule has 0 bridgehead atoms. The third-order valence-corrected chi connectivity index (χ3v) is 4.90. The van der Waals surface area contributed by atoms with Crippen LogP contribution in [0.1, 0.15) is 0 Å². The van der Waals surface area contributed by atoms with Gasteiger partial charge in [-0.1, -0.05) is 0 Å². The lowest BCUT2D eigenvalue weighted by Crippen LogP contribution is -2.31. The molecule has 0 saturated heterocycles. The zero-order chi connectivity index (χ0) is 30.1. The number of nitrogens with one attached hydrogen (secondary N) is 2. The van der Waals surface area contributed by atoms with Crippen LogP contribution in [0.3, 0.4) is 0 Å². The van der Waals surface area contributed by atoms with Crippen molar-refractivity contribution in [3.8, 4) is 0 Å². The third-order valence-electron chi connectivity index (χ3n) is 4.90. The highest BCUT2D eigenvalue weighted by atomic mass is 16.6. The first kappa shape index (κ1) is 39.5. The van der Waals surface area contributed by atoms with E-state index in [0.717, 1.165) is 0 Å². The second kappa shape index (κ2) is 33.0. The van der Waals surface area contributed by atoms with Crippen molar-refractivity contribution in [3.63, 3.8) is 0 Å². The Morgan fingerprint density at radius 1 is 0.463 bits per heavy atom. The minimum absolute atomic E-state index is 0.0228. The van der Waals surface area contributed by atoms with Crippen LogP contribution in [0.2, 0.25) is 0 Å². The van der Waals surface area contributed by atoms with Gasteiger partial charge >= 0.3 is 0 Å². The average molecular weight is 601 g/mol. The molecule has 0 aliphatic heterocycles. The zero-order valence-electron chi connectivity index (χ0n) is 25.0. The van der Waals surface area contributed by atoms with Gasteiger partial charge in [0.2, 0.25) is 11.8 Å². The number of carbonyl (C=O) groups is 2. The number of rotatable bonds is 33. The Labute approximate surface area is 244 Å². The Balaban J connectivity index is 3.42. The molecule has 0 aromatic rings. The van der Waals surface area contributed by atoms with Crippen molar-refractivity contribution in [1.82, 2.24) is 10.6 Å². The van der Waals surface area contributed by atoms with Crippen LogP contribution in [-0.2, 0) is 61.7 Å². The van der Waals surface area contributed by atoms with Crippen molar-refractivity contribution in [2.75, 3.05) is 153 Å². The van der Waals surface area contributed by atoms with Crippen LogP contribution in [0, 0.1) is 0 Å². The number of hydrogen-bond donors (Lipinski definition) is 2. The summed E-state index contributed by atoms with van der Waals surface area (Å²) in [6.07, 6.45) is -0.218. The van der Waals surface area contributed by atoms with Crippen molar-refractivity contribution in [3.05, 3.63) is 0 Å². The van der Waals surface area contributed by atoms with Crippen molar-refractivity contribution in [1.29, 1.82) is 0 Å². The van der Waals surface area contributed by atoms with Gasteiger partial charge in [0.25, 0.3) is 0 Å². The standard InChI is InChI=1S/C26H52N2O13/c1-31-8-10-36-14-18-40-22-25(29)27-4-6-34-12-16-38-20-24(33-3)21-39-17-13-35-7-5-28-26(30)23-41-19-15-37-11-9-32-2/h24H,4-23H2,1-3H3,(H,27,29)(H,28,30). The van der Waals surface area contributed by atoms with Gasteiger partial charge in [-0.15, -0.1) is 0 Å². The van der Waals surface area contributed by atoms with Crippen LogP contribution >= 0.6 is 0 Å². The Hall–Kier alpha value is -1.50. The highest BCUT2D eigenvalue weighted by Crippen LogP contribution is 1.94. The van der Waals surface area contributed by atoms with E-state index in [1.54, 1.807) is 21.3 Å². The molecule has 0 aromatic carbocycles. The molecule has 0 rings (SSSR count). The minimum Gasteiger partial charge on any atom is -0.382 e. The number of amides is 2. The van der Waals surface area contributed by atoms with Gasteiger partial charge in [0.15, 0.2) is 0 Å². The van der Waals surface area contributed by atoms with E-state index < -0.39 is 0 Å². The number of methoxy groups -OCH3 is 3. The molecule has 0 saturated carbocycles. The zero-order valence-corrected chi connectivity index (χ0v) is 25.0. The number of ether oxygens (including phenoxy) is 11. The fraction of sp³-hybridized carbons (Fsp3) is 0.923. The second-order valence-corrected chi connectivity index (χ2v) is 8.25. The first-order chi connectivity index (χ1) is 20.1. The lowest BCUT2D eigenvalue weighted by atomic mass is 10.4. The van der Waals surface area contributed by atoms with E-state index in [2.05, 4.69) is 10.6 Å². The maximum absolute atomic E-state index is 11.7. The van der Waals surface area contributed by atoms with Gasteiger partial charge in [0, 0.05) is 34.4 Å². The van der Waals surface area contributed by atoms with Gasteiger partial charge in [0.1, 0.15) is 19.3 Å². The van der Waals surface area contributed by atoms with Crippen LogP contribution in [0.4, 0.5) is 0 Å². The van der Waals surface area contributed by atoms with Crippen molar-refractivity contribution >= 4 is 11.8 Å². The molecule has 2 amide bonds. The average Bonchev–Trinajstić information content (AvgIpc) is 2.97. The van der Waals surface area contributed by atoms with Crippen molar-refractivity contribution in [2.24, 2.45) is 0 Å². The summed E-state index contributed by atoms with van der Waals surface area (Å²) < 4.78 is 58.0.